The van der Waals surface area contributed by atoms with Gasteiger partial charge in [-0.05, 0) is 31.4 Å². The van der Waals surface area contributed by atoms with E-state index < -0.39 is 0 Å². The number of hydrogen-bond donors (Lipinski definition) is 2. The average Bonchev–Trinajstić information content (AvgIpc) is 3.02. The van der Waals surface area contributed by atoms with Crippen molar-refractivity contribution in [3.8, 4) is 0 Å². The Bertz CT molecular complexity index is 593. The van der Waals surface area contributed by atoms with Crippen molar-refractivity contribution in [1.82, 2.24) is 19.9 Å². The summed E-state index contributed by atoms with van der Waals surface area (Å²) in [6, 6.07) is 5.88. The highest BCUT2D eigenvalue weighted by Crippen LogP contribution is 2.24. The van der Waals surface area contributed by atoms with Crippen molar-refractivity contribution in [2.24, 2.45) is 11.7 Å². The first-order valence-corrected chi connectivity index (χ1v) is 6.56. The molecule has 1 fully saturated rings. The minimum Gasteiger partial charge on any atom is -0.349 e. The van der Waals surface area contributed by atoms with Crippen LogP contribution in [-0.2, 0) is 11.3 Å². The lowest BCUT2D eigenvalue weighted by molar-refractivity contribution is -0.125. The standard InChI is InChI=1S/C13H17N5O/c14-10-5-4-9(7-10)13(19)15-8-12-17-16-11-3-1-2-6-18(11)12/h1-3,6,9-10H,4-5,7-8,14H2,(H,15,19). The van der Waals surface area contributed by atoms with Crippen LogP contribution in [0, 0.1) is 5.92 Å². The van der Waals surface area contributed by atoms with E-state index in [0.717, 1.165) is 30.7 Å². The summed E-state index contributed by atoms with van der Waals surface area (Å²) in [4.78, 5) is 12.0. The number of carbonyl (C=O) groups excluding carboxylic acids is 1. The highest BCUT2D eigenvalue weighted by Gasteiger charge is 2.27. The third-order valence-electron chi connectivity index (χ3n) is 3.65. The van der Waals surface area contributed by atoms with E-state index >= 15 is 0 Å². The van der Waals surface area contributed by atoms with Crippen molar-refractivity contribution in [2.75, 3.05) is 0 Å². The van der Waals surface area contributed by atoms with Gasteiger partial charge in [0.1, 0.15) is 0 Å². The molecule has 1 aliphatic rings. The maximum Gasteiger partial charge on any atom is 0.223 e. The summed E-state index contributed by atoms with van der Waals surface area (Å²) >= 11 is 0. The van der Waals surface area contributed by atoms with Crippen LogP contribution in [0.15, 0.2) is 24.4 Å². The molecule has 1 aliphatic carbocycles. The molecule has 0 aromatic carbocycles. The molecule has 1 amide bonds. The van der Waals surface area contributed by atoms with Crippen molar-refractivity contribution >= 4 is 11.6 Å². The Morgan fingerprint density at radius 3 is 3.11 bits per heavy atom. The maximum atomic E-state index is 12.0. The molecule has 2 aromatic rings. The van der Waals surface area contributed by atoms with Gasteiger partial charge in [-0.2, -0.15) is 0 Å². The molecule has 2 aromatic heterocycles. The van der Waals surface area contributed by atoms with Gasteiger partial charge in [-0.25, -0.2) is 0 Å². The third kappa shape index (κ3) is 2.44. The monoisotopic (exact) mass is 259 g/mol. The fourth-order valence-corrected chi connectivity index (χ4v) is 2.58. The molecule has 3 N–H and O–H groups in total. The van der Waals surface area contributed by atoms with Gasteiger partial charge in [0.15, 0.2) is 11.5 Å². The summed E-state index contributed by atoms with van der Waals surface area (Å²) in [5.74, 6) is 0.862. The maximum absolute atomic E-state index is 12.0. The van der Waals surface area contributed by atoms with Crippen LogP contribution >= 0.6 is 0 Å². The van der Waals surface area contributed by atoms with Gasteiger partial charge in [-0.15, -0.1) is 10.2 Å². The summed E-state index contributed by atoms with van der Waals surface area (Å²) in [7, 11) is 0. The smallest absolute Gasteiger partial charge is 0.223 e. The molecule has 100 valence electrons. The zero-order valence-corrected chi connectivity index (χ0v) is 10.6. The number of nitrogens with zero attached hydrogens (tertiary/aromatic N) is 3. The zero-order valence-electron chi connectivity index (χ0n) is 10.6. The molecule has 6 nitrogen and oxygen atoms in total. The van der Waals surface area contributed by atoms with Crippen molar-refractivity contribution < 1.29 is 4.79 Å². The van der Waals surface area contributed by atoms with E-state index in [2.05, 4.69) is 15.5 Å². The average molecular weight is 259 g/mol. The normalized spacial score (nSPS) is 22.8. The number of carbonyl (C=O) groups is 1. The van der Waals surface area contributed by atoms with Crippen molar-refractivity contribution in [3.63, 3.8) is 0 Å². The van der Waals surface area contributed by atoms with Crippen molar-refractivity contribution in [3.05, 3.63) is 30.2 Å². The number of nitrogens with two attached hydrogens (primary N) is 1. The van der Waals surface area contributed by atoms with Crippen molar-refractivity contribution in [1.29, 1.82) is 0 Å². The Kier molecular flexibility index (Phi) is 3.16. The first-order valence-electron chi connectivity index (χ1n) is 6.56. The Labute approximate surface area is 111 Å². The first-order chi connectivity index (χ1) is 9.24. The molecule has 2 unspecified atom stereocenters. The van der Waals surface area contributed by atoms with Gasteiger partial charge in [-0.3, -0.25) is 9.20 Å². The lowest BCUT2D eigenvalue weighted by atomic mass is 10.1. The molecule has 0 radical (unpaired) electrons. The van der Waals surface area contributed by atoms with Crippen LogP contribution in [0.1, 0.15) is 25.1 Å². The second-order valence-corrected chi connectivity index (χ2v) is 5.03. The summed E-state index contributed by atoms with van der Waals surface area (Å²) in [6.07, 6.45) is 4.49. The molecule has 19 heavy (non-hydrogen) atoms. The predicted octanol–water partition coefficient (Wildman–Crippen LogP) is 0.473. The van der Waals surface area contributed by atoms with Crippen molar-refractivity contribution in [2.45, 2.75) is 31.8 Å². The Balaban J connectivity index is 1.64. The molecule has 2 atom stereocenters. The van der Waals surface area contributed by atoms with Crippen LogP contribution < -0.4 is 11.1 Å². The largest absolute Gasteiger partial charge is 0.349 e. The molecule has 0 spiro atoms. The van der Waals surface area contributed by atoms with Gasteiger partial charge < -0.3 is 11.1 Å². The number of amides is 1. The fourth-order valence-electron chi connectivity index (χ4n) is 2.58. The van der Waals surface area contributed by atoms with E-state index in [0.29, 0.717) is 6.54 Å². The molecular formula is C13H17N5O. The topological polar surface area (TPSA) is 85.3 Å². The van der Waals surface area contributed by atoms with Crippen LogP contribution in [0.3, 0.4) is 0 Å². The quantitative estimate of drug-likeness (QED) is 0.839. The Hall–Kier alpha value is -1.95. The van der Waals surface area contributed by atoms with Crippen LogP contribution in [0.5, 0.6) is 0 Å². The number of aromatic nitrogens is 3. The number of nitrogens with one attached hydrogen (secondary N) is 1. The zero-order chi connectivity index (χ0) is 13.2. The fraction of sp³-hybridized carbons (Fsp3) is 0.462. The van der Waals surface area contributed by atoms with Gasteiger partial charge in [0.2, 0.25) is 5.91 Å². The SMILES string of the molecule is NC1CCC(C(=O)NCc2nnc3ccccn23)C1. The van der Waals surface area contributed by atoms with Crippen LogP contribution in [0.25, 0.3) is 5.65 Å². The van der Waals surface area contributed by atoms with Gasteiger partial charge in [0.25, 0.3) is 0 Å². The van der Waals surface area contributed by atoms with E-state index in [4.69, 9.17) is 5.73 Å². The second kappa shape index (κ2) is 4.97. The second-order valence-electron chi connectivity index (χ2n) is 5.03. The molecule has 6 heteroatoms. The molecule has 0 bridgehead atoms. The van der Waals surface area contributed by atoms with Gasteiger partial charge in [0, 0.05) is 18.2 Å². The third-order valence-corrected chi connectivity index (χ3v) is 3.65. The number of pyridine rings is 1. The summed E-state index contributed by atoms with van der Waals surface area (Å²) in [6.45, 7) is 0.399. The van der Waals surface area contributed by atoms with Gasteiger partial charge in [-0.1, -0.05) is 6.07 Å². The highest BCUT2D eigenvalue weighted by molar-refractivity contribution is 5.78. The van der Waals surface area contributed by atoms with Crippen LogP contribution in [0.2, 0.25) is 0 Å². The molecule has 1 saturated carbocycles. The van der Waals surface area contributed by atoms with E-state index in [1.165, 1.54) is 0 Å². The minimum absolute atomic E-state index is 0.0502. The lowest BCUT2D eigenvalue weighted by Crippen LogP contribution is -2.30. The summed E-state index contributed by atoms with van der Waals surface area (Å²) < 4.78 is 1.88. The van der Waals surface area contributed by atoms with Crippen LogP contribution in [0.4, 0.5) is 0 Å². The first kappa shape index (κ1) is 12.1. The van der Waals surface area contributed by atoms with E-state index in [1.807, 2.05) is 28.8 Å². The minimum atomic E-state index is 0.0502. The number of hydrogen-bond acceptors (Lipinski definition) is 4. The Morgan fingerprint density at radius 2 is 2.32 bits per heavy atom. The molecule has 2 heterocycles. The van der Waals surface area contributed by atoms with E-state index in [1.54, 1.807) is 0 Å². The van der Waals surface area contributed by atoms with Gasteiger partial charge >= 0.3 is 0 Å². The number of fused-ring (bicyclic) bond motifs is 1. The van der Waals surface area contributed by atoms with E-state index in [9.17, 15) is 4.79 Å². The predicted molar refractivity (Wildman–Crippen MR) is 70.2 cm³/mol. The molecule has 3 rings (SSSR count). The summed E-state index contributed by atoms with van der Waals surface area (Å²) in [5.41, 5.74) is 6.61. The van der Waals surface area contributed by atoms with E-state index in [-0.39, 0.29) is 17.9 Å². The summed E-state index contributed by atoms with van der Waals surface area (Å²) in [5, 5.41) is 11.1. The lowest BCUT2D eigenvalue weighted by Gasteiger charge is -2.09. The Morgan fingerprint density at radius 1 is 1.42 bits per heavy atom. The molecular weight excluding hydrogens is 242 g/mol. The van der Waals surface area contributed by atoms with Crippen LogP contribution in [-0.4, -0.2) is 26.5 Å². The molecule has 0 aliphatic heterocycles. The number of rotatable bonds is 3. The highest BCUT2D eigenvalue weighted by atomic mass is 16.1. The van der Waals surface area contributed by atoms with Gasteiger partial charge in [0.05, 0.1) is 6.54 Å². The molecule has 0 saturated heterocycles.